The lowest BCUT2D eigenvalue weighted by Gasteiger charge is -2.11. The molecule has 0 saturated carbocycles. The largest absolute Gasteiger partial charge is 0.493 e. The van der Waals surface area contributed by atoms with Crippen LogP contribution in [0.1, 0.15) is 11.1 Å². The van der Waals surface area contributed by atoms with E-state index in [-0.39, 0.29) is 16.4 Å². The number of aryl methyl sites for hydroxylation is 1. The molecule has 35 heavy (non-hydrogen) atoms. The van der Waals surface area contributed by atoms with Gasteiger partial charge in [-0.25, -0.2) is 4.98 Å². The molecule has 3 aromatic carbocycles. The molecular formula is C24H19Cl2N3O4S2. The predicted molar refractivity (Wildman–Crippen MR) is 141 cm³/mol. The Balaban J connectivity index is 1.45. The normalized spacial score (nSPS) is 11.5. The van der Waals surface area contributed by atoms with Gasteiger partial charge in [-0.3, -0.25) is 5.43 Å². The number of thiazole rings is 1. The van der Waals surface area contributed by atoms with Gasteiger partial charge in [-0.2, -0.15) is 13.5 Å². The first-order valence-corrected chi connectivity index (χ1v) is 13.2. The lowest BCUT2D eigenvalue weighted by atomic mass is 10.2. The van der Waals surface area contributed by atoms with E-state index in [2.05, 4.69) is 15.5 Å². The van der Waals surface area contributed by atoms with Crippen LogP contribution in [-0.4, -0.2) is 26.7 Å². The SMILES string of the molecule is COc1cc(/C=N\Nc2nc(-c3ccc(Cl)cc3Cl)cs2)ccc1OS(=O)(=O)c1ccc(C)cc1. The first-order chi connectivity index (χ1) is 16.7. The maximum absolute atomic E-state index is 12.6. The smallest absolute Gasteiger partial charge is 0.339 e. The van der Waals surface area contributed by atoms with Crippen LogP contribution >= 0.6 is 34.5 Å². The van der Waals surface area contributed by atoms with Crippen molar-refractivity contribution in [1.82, 2.24) is 4.98 Å². The molecule has 0 aliphatic carbocycles. The van der Waals surface area contributed by atoms with Crippen molar-refractivity contribution in [3.8, 4) is 22.8 Å². The number of anilines is 1. The molecule has 1 N–H and O–H groups in total. The predicted octanol–water partition coefficient (Wildman–Crippen LogP) is 6.65. The molecule has 4 aromatic rings. The zero-order chi connectivity index (χ0) is 25.0. The van der Waals surface area contributed by atoms with E-state index in [4.69, 9.17) is 32.1 Å². The maximum atomic E-state index is 12.6. The highest BCUT2D eigenvalue weighted by atomic mass is 35.5. The Bertz CT molecular complexity index is 1490. The summed E-state index contributed by atoms with van der Waals surface area (Å²) in [7, 11) is -2.57. The number of aromatic nitrogens is 1. The van der Waals surface area contributed by atoms with E-state index in [0.717, 1.165) is 11.1 Å². The third-order valence-corrected chi connectivity index (χ3v) is 7.33. The number of nitrogens with zero attached hydrogens (tertiary/aromatic N) is 2. The third-order valence-electron chi connectivity index (χ3n) is 4.78. The van der Waals surface area contributed by atoms with Crippen molar-refractivity contribution in [2.24, 2.45) is 5.10 Å². The first kappa shape index (κ1) is 25.0. The topological polar surface area (TPSA) is 89.9 Å². The molecule has 0 saturated heterocycles. The van der Waals surface area contributed by atoms with E-state index in [1.165, 1.54) is 36.6 Å². The average Bonchev–Trinajstić information content (AvgIpc) is 3.28. The molecule has 11 heteroatoms. The molecular weight excluding hydrogens is 529 g/mol. The number of methoxy groups -OCH3 is 1. The van der Waals surface area contributed by atoms with Crippen molar-refractivity contribution in [3.63, 3.8) is 0 Å². The Morgan fingerprint density at radius 3 is 2.51 bits per heavy atom. The molecule has 0 spiro atoms. The molecule has 0 unspecified atom stereocenters. The van der Waals surface area contributed by atoms with Crippen LogP contribution in [0, 0.1) is 6.92 Å². The maximum Gasteiger partial charge on any atom is 0.339 e. The summed E-state index contributed by atoms with van der Waals surface area (Å²) in [5, 5.41) is 7.68. The van der Waals surface area contributed by atoms with E-state index >= 15 is 0 Å². The van der Waals surface area contributed by atoms with Crippen molar-refractivity contribution in [3.05, 3.63) is 87.2 Å². The number of hydrogen-bond donors (Lipinski definition) is 1. The van der Waals surface area contributed by atoms with Gasteiger partial charge < -0.3 is 8.92 Å². The van der Waals surface area contributed by atoms with Gasteiger partial charge in [0.1, 0.15) is 4.90 Å². The van der Waals surface area contributed by atoms with Gasteiger partial charge in [0, 0.05) is 16.0 Å². The molecule has 0 atom stereocenters. The molecule has 7 nitrogen and oxygen atoms in total. The summed E-state index contributed by atoms with van der Waals surface area (Å²) in [6.45, 7) is 1.87. The number of nitrogens with one attached hydrogen (secondary N) is 1. The molecule has 1 aromatic heterocycles. The lowest BCUT2D eigenvalue weighted by molar-refractivity contribution is 0.390. The van der Waals surface area contributed by atoms with Crippen LogP contribution in [0.2, 0.25) is 10.0 Å². The standard InChI is InChI=1S/C24H19Cl2N3O4S2/c1-15-3-7-18(8-4-15)35(30,31)33-22-10-5-16(11-23(22)32-2)13-27-29-24-28-21(14-34-24)19-9-6-17(25)12-20(19)26/h3-14H,1-2H3,(H,28,29)/b27-13-. The zero-order valence-corrected chi connectivity index (χ0v) is 21.7. The van der Waals surface area contributed by atoms with E-state index in [9.17, 15) is 8.42 Å². The average molecular weight is 548 g/mol. The van der Waals surface area contributed by atoms with Gasteiger partial charge in [0.05, 0.1) is 24.0 Å². The summed E-state index contributed by atoms with van der Waals surface area (Å²) in [5.41, 5.74) is 5.95. The fourth-order valence-corrected chi connectivity index (χ4v) is 5.12. The minimum Gasteiger partial charge on any atom is -0.493 e. The van der Waals surface area contributed by atoms with Gasteiger partial charge in [-0.15, -0.1) is 11.3 Å². The van der Waals surface area contributed by atoms with Gasteiger partial charge in [-0.05, 0) is 61.0 Å². The number of rotatable bonds is 8. The Labute approximate surface area is 217 Å². The highest BCUT2D eigenvalue weighted by molar-refractivity contribution is 7.87. The van der Waals surface area contributed by atoms with Crippen LogP contribution in [0.3, 0.4) is 0 Å². The fraction of sp³-hybridized carbons (Fsp3) is 0.0833. The van der Waals surface area contributed by atoms with Crippen LogP contribution < -0.4 is 14.3 Å². The number of hydrazone groups is 1. The molecule has 0 aliphatic heterocycles. The Morgan fingerprint density at radius 1 is 1.03 bits per heavy atom. The summed E-state index contributed by atoms with van der Waals surface area (Å²) in [4.78, 5) is 4.54. The van der Waals surface area contributed by atoms with Crippen LogP contribution in [-0.2, 0) is 10.1 Å². The molecule has 4 rings (SSSR count). The minimum atomic E-state index is -4.00. The summed E-state index contributed by atoms with van der Waals surface area (Å²) in [6, 6.07) is 16.4. The molecule has 0 aliphatic rings. The fourth-order valence-electron chi connectivity index (χ4n) is 3.01. The molecule has 0 radical (unpaired) electrons. The Kier molecular flexibility index (Phi) is 7.61. The second-order valence-corrected chi connectivity index (χ2v) is 10.5. The summed E-state index contributed by atoms with van der Waals surface area (Å²) < 4.78 is 35.8. The van der Waals surface area contributed by atoms with Crippen molar-refractivity contribution in [1.29, 1.82) is 0 Å². The van der Waals surface area contributed by atoms with Gasteiger partial charge in [0.25, 0.3) is 0 Å². The number of benzene rings is 3. The van der Waals surface area contributed by atoms with E-state index in [1.54, 1.807) is 42.6 Å². The first-order valence-electron chi connectivity index (χ1n) is 10.1. The number of hydrogen-bond acceptors (Lipinski definition) is 8. The molecule has 1 heterocycles. The van der Waals surface area contributed by atoms with Crippen molar-refractivity contribution in [2.45, 2.75) is 11.8 Å². The summed E-state index contributed by atoms with van der Waals surface area (Å²) >= 11 is 13.6. The van der Waals surface area contributed by atoms with Gasteiger partial charge in [0.15, 0.2) is 11.5 Å². The number of halogens is 2. The van der Waals surface area contributed by atoms with Crippen molar-refractivity contribution >= 4 is 56.0 Å². The van der Waals surface area contributed by atoms with Crippen LogP contribution in [0.25, 0.3) is 11.3 Å². The van der Waals surface area contributed by atoms with Crippen molar-refractivity contribution in [2.75, 3.05) is 12.5 Å². The quantitative estimate of drug-likeness (QED) is 0.151. The molecule has 0 fully saturated rings. The summed E-state index contributed by atoms with van der Waals surface area (Å²) in [6.07, 6.45) is 1.55. The Hall–Kier alpha value is -3.11. The monoisotopic (exact) mass is 547 g/mol. The van der Waals surface area contributed by atoms with Crippen LogP contribution in [0.15, 0.2) is 76.0 Å². The van der Waals surface area contributed by atoms with Gasteiger partial charge in [0.2, 0.25) is 5.13 Å². The zero-order valence-electron chi connectivity index (χ0n) is 18.5. The van der Waals surface area contributed by atoms with E-state index in [1.807, 2.05) is 18.4 Å². The second-order valence-electron chi connectivity index (χ2n) is 7.29. The van der Waals surface area contributed by atoms with E-state index in [0.29, 0.717) is 26.4 Å². The van der Waals surface area contributed by atoms with Gasteiger partial charge in [-0.1, -0.05) is 40.9 Å². The minimum absolute atomic E-state index is 0.0581. The highest BCUT2D eigenvalue weighted by Gasteiger charge is 2.19. The third kappa shape index (κ3) is 6.12. The molecule has 0 bridgehead atoms. The molecule has 180 valence electrons. The highest BCUT2D eigenvalue weighted by Crippen LogP contribution is 2.33. The second kappa shape index (κ2) is 10.7. The van der Waals surface area contributed by atoms with Crippen LogP contribution in [0.4, 0.5) is 5.13 Å². The van der Waals surface area contributed by atoms with Crippen LogP contribution in [0.5, 0.6) is 11.5 Å². The van der Waals surface area contributed by atoms with E-state index < -0.39 is 10.1 Å². The Morgan fingerprint density at radius 2 is 1.80 bits per heavy atom. The molecule has 0 amide bonds. The summed E-state index contributed by atoms with van der Waals surface area (Å²) in [5.74, 6) is 0.321. The van der Waals surface area contributed by atoms with Gasteiger partial charge >= 0.3 is 10.1 Å². The van der Waals surface area contributed by atoms with Crippen molar-refractivity contribution < 1.29 is 17.3 Å². The number of ether oxygens (including phenoxy) is 1. The lowest BCUT2D eigenvalue weighted by Crippen LogP contribution is -2.10.